The second-order valence-corrected chi connectivity index (χ2v) is 9.73. The van der Waals surface area contributed by atoms with Gasteiger partial charge in [0.25, 0.3) is 0 Å². The first-order valence-corrected chi connectivity index (χ1v) is 10.9. The number of nitrogens with one attached hydrogen (secondary N) is 1. The summed E-state index contributed by atoms with van der Waals surface area (Å²) in [6.45, 7) is 8.17. The molecule has 0 saturated heterocycles. The zero-order valence-electron chi connectivity index (χ0n) is 15.6. The molecular weight excluding hydrogens is 376 g/mol. The van der Waals surface area contributed by atoms with Crippen LogP contribution in [0.5, 0.6) is 11.5 Å². The SMILES string of the molecule is C=CCSC1=NC2(CC(c3cccs3)c3ccc(O)cc3O2)CC(C)(C)N1. The van der Waals surface area contributed by atoms with Crippen molar-refractivity contribution < 1.29 is 9.84 Å². The molecular formula is C21H24N2O2S2. The molecule has 27 heavy (non-hydrogen) atoms. The lowest BCUT2D eigenvalue weighted by atomic mass is 9.80. The predicted octanol–water partition coefficient (Wildman–Crippen LogP) is 5.11. The third kappa shape index (κ3) is 3.73. The highest BCUT2D eigenvalue weighted by atomic mass is 32.2. The Balaban J connectivity index is 1.79. The summed E-state index contributed by atoms with van der Waals surface area (Å²) < 4.78 is 6.49. The summed E-state index contributed by atoms with van der Waals surface area (Å²) in [5.74, 6) is 1.95. The second-order valence-electron chi connectivity index (χ2n) is 7.74. The standard InChI is InChI=1S/C21H24N2O2S2/c1-4-9-27-19-22-20(2,3)13-21(23-19)12-16(18-6-5-10-26-18)15-8-7-14(24)11-17(15)25-21/h4-8,10-11,16,24H,1,9,12-13H2,2-3H3,(H,22,23). The number of thiophene rings is 1. The Hall–Kier alpha value is -1.92. The molecule has 0 saturated carbocycles. The lowest BCUT2D eigenvalue weighted by molar-refractivity contribution is 0.0137. The van der Waals surface area contributed by atoms with Crippen LogP contribution in [0.4, 0.5) is 0 Å². The molecule has 1 spiro atoms. The molecule has 4 rings (SSSR count). The van der Waals surface area contributed by atoms with Crippen molar-refractivity contribution in [1.29, 1.82) is 0 Å². The Bertz CT molecular complexity index is 876. The molecule has 2 unspecified atom stereocenters. The minimum Gasteiger partial charge on any atom is -0.508 e. The van der Waals surface area contributed by atoms with Gasteiger partial charge in [0, 0.05) is 46.6 Å². The number of hydrogen-bond acceptors (Lipinski definition) is 6. The van der Waals surface area contributed by atoms with E-state index in [-0.39, 0.29) is 17.2 Å². The van der Waals surface area contributed by atoms with Crippen LogP contribution in [-0.4, -0.2) is 27.3 Å². The summed E-state index contributed by atoms with van der Waals surface area (Å²) >= 11 is 3.40. The van der Waals surface area contributed by atoms with Crippen LogP contribution in [0.1, 0.15) is 43.0 Å². The van der Waals surface area contributed by atoms with Crippen LogP contribution in [0.2, 0.25) is 0 Å². The molecule has 2 aliphatic heterocycles. The smallest absolute Gasteiger partial charge is 0.206 e. The third-order valence-corrected chi connectivity index (χ3v) is 6.74. The third-order valence-electron chi connectivity index (χ3n) is 4.89. The van der Waals surface area contributed by atoms with Crippen molar-refractivity contribution in [2.45, 2.75) is 43.9 Å². The van der Waals surface area contributed by atoms with Crippen molar-refractivity contribution in [2.24, 2.45) is 4.99 Å². The van der Waals surface area contributed by atoms with Gasteiger partial charge < -0.3 is 15.2 Å². The topological polar surface area (TPSA) is 53.9 Å². The van der Waals surface area contributed by atoms with E-state index in [0.29, 0.717) is 0 Å². The normalized spacial score (nSPS) is 25.9. The molecule has 0 bridgehead atoms. The number of aliphatic imine (C=N–C) groups is 1. The first kappa shape index (κ1) is 18.4. The Morgan fingerprint density at radius 1 is 1.44 bits per heavy atom. The molecule has 0 aliphatic carbocycles. The van der Waals surface area contributed by atoms with E-state index in [1.54, 1.807) is 35.2 Å². The lowest BCUT2D eigenvalue weighted by Crippen LogP contribution is -2.56. The number of fused-ring (bicyclic) bond motifs is 1. The van der Waals surface area contributed by atoms with E-state index in [2.05, 4.69) is 43.3 Å². The highest BCUT2D eigenvalue weighted by Gasteiger charge is 2.48. The summed E-state index contributed by atoms with van der Waals surface area (Å²) in [6, 6.07) is 9.70. The summed E-state index contributed by atoms with van der Waals surface area (Å²) in [5.41, 5.74) is 0.334. The number of phenolic OH excluding ortho intramolecular Hbond substituents is 1. The predicted molar refractivity (Wildman–Crippen MR) is 114 cm³/mol. The van der Waals surface area contributed by atoms with Crippen molar-refractivity contribution in [3.63, 3.8) is 0 Å². The number of thioether (sulfide) groups is 1. The molecule has 142 valence electrons. The Labute approximate surface area is 168 Å². The number of aromatic hydroxyl groups is 1. The summed E-state index contributed by atoms with van der Waals surface area (Å²) in [4.78, 5) is 6.32. The van der Waals surface area contributed by atoms with E-state index in [1.165, 1.54) is 4.88 Å². The number of hydrogen-bond donors (Lipinski definition) is 2. The van der Waals surface area contributed by atoms with Crippen LogP contribution in [-0.2, 0) is 0 Å². The second kappa shape index (κ2) is 6.91. The molecule has 4 nitrogen and oxygen atoms in total. The van der Waals surface area contributed by atoms with E-state index < -0.39 is 5.72 Å². The molecule has 1 aromatic carbocycles. The van der Waals surface area contributed by atoms with Crippen molar-refractivity contribution >= 4 is 28.3 Å². The van der Waals surface area contributed by atoms with Crippen LogP contribution in [0.3, 0.4) is 0 Å². The van der Waals surface area contributed by atoms with Gasteiger partial charge in [0.05, 0.1) is 0 Å². The molecule has 2 N–H and O–H groups in total. The molecule has 2 aliphatic rings. The summed E-state index contributed by atoms with van der Waals surface area (Å²) in [6.07, 6.45) is 3.43. The van der Waals surface area contributed by atoms with Gasteiger partial charge in [-0.3, -0.25) is 0 Å². The van der Waals surface area contributed by atoms with Crippen molar-refractivity contribution in [2.75, 3.05) is 5.75 Å². The van der Waals surface area contributed by atoms with Crippen LogP contribution in [0.15, 0.2) is 53.4 Å². The summed E-state index contributed by atoms with van der Waals surface area (Å²) in [5, 5.41) is 16.5. The van der Waals surface area contributed by atoms with Gasteiger partial charge >= 0.3 is 0 Å². The summed E-state index contributed by atoms with van der Waals surface area (Å²) in [7, 11) is 0. The van der Waals surface area contributed by atoms with Crippen molar-refractivity contribution in [1.82, 2.24) is 5.32 Å². The maximum Gasteiger partial charge on any atom is 0.206 e. The minimum atomic E-state index is -0.645. The monoisotopic (exact) mass is 400 g/mol. The van der Waals surface area contributed by atoms with Gasteiger partial charge in [-0.25, -0.2) is 4.99 Å². The maximum absolute atomic E-state index is 10.0. The fraction of sp³-hybridized carbons (Fsp3) is 0.381. The van der Waals surface area contributed by atoms with Crippen molar-refractivity contribution in [3.05, 3.63) is 58.8 Å². The molecule has 0 amide bonds. The molecule has 2 aromatic rings. The van der Waals surface area contributed by atoms with Crippen LogP contribution < -0.4 is 10.1 Å². The van der Waals surface area contributed by atoms with Gasteiger partial charge in [0.2, 0.25) is 5.72 Å². The van der Waals surface area contributed by atoms with Gasteiger partial charge in [-0.1, -0.05) is 30.0 Å². The van der Waals surface area contributed by atoms with Crippen LogP contribution in [0, 0.1) is 0 Å². The fourth-order valence-corrected chi connectivity index (χ4v) is 5.68. The first-order valence-electron chi connectivity index (χ1n) is 9.07. The minimum absolute atomic E-state index is 0.139. The number of phenols is 1. The Morgan fingerprint density at radius 2 is 2.30 bits per heavy atom. The number of amidine groups is 1. The zero-order valence-corrected chi connectivity index (χ0v) is 17.2. The van der Waals surface area contributed by atoms with E-state index in [1.807, 2.05) is 12.1 Å². The molecule has 0 fully saturated rings. The Kier molecular flexibility index (Phi) is 4.72. The number of rotatable bonds is 3. The highest BCUT2D eigenvalue weighted by Crippen LogP contribution is 2.50. The zero-order chi connectivity index (χ0) is 19.1. The van der Waals surface area contributed by atoms with E-state index in [9.17, 15) is 5.11 Å². The number of benzene rings is 1. The van der Waals surface area contributed by atoms with Crippen molar-refractivity contribution in [3.8, 4) is 11.5 Å². The quantitative estimate of drug-likeness (QED) is 0.703. The molecule has 0 radical (unpaired) electrons. The average Bonchev–Trinajstić information content (AvgIpc) is 3.11. The largest absolute Gasteiger partial charge is 0.508 e. The molecule has 2 atom stereocenters. The van der Waals surface area contributed by atoms with Gasteiger partial charge in [0.15, 0.2) is 5.17 Å². The lowest BCUT2D eigenvalue weighted by Gasteiger charge is -2.47. The maximum atomic E-state index is 10.0. The molecule has 6 heteroatoms. The van der Waals surface area contributed by atoms with E-state index in [4.69, 9.17) is 9.73 Å². The number of ether oxygens (including phenoxy) is 1. The van der Waals surface area contributed by atoms with E-state index in [0.717, 1.165) is 35.1 Å². The fourth-order valence-electron chi connectivity index (χ4n) is 3.98. The molecule has 1 aromatic heterocycles. The first-order chi connectivity index (χ1) is 12.9. The highest BCUT2D eigenvalue weighted by molar-refractivity contribution is 8.13. The molecule has 3 heterocycles. The van der Waals surface area contributed by atoms with Gasteiger partial charge in [-0.15, -0.1) is 17.9 Å². The van der Waals surface area contributed by atoms with Gasteiger partial charge in [-0.2, -0.15) is 0 Å². The van der Waals surface area contributed by atoms with Crippen LogP contribution in [0.25, 0.3) is 0 Å². The van der Waals surface area contributed by atoms with Gasteiger partial charge in [0.1, 0.15) is 11.5 Å². The number of nitrogens with zero attached hydrogens (tertiary/aromatic N) is 1. The Morgan fingerprint density at radius 3 is 3.04 bits per heavy atom. The average molecular weight is 401 g/mol. The van der Waals surface area contributed by atoms with Crippen LogP contribution >= 0.6 is 23.1 Å². The van der Waals surface area contributed by atoms with Gasteiger partial charge in [-0.05, 0) is 31.4 Å². The van der Waals surface area contributed by atoms with E-state index >= 15 is 0 Å².